The summed E-state index contributed by atoms with van der Waals surface area (Å²) in [6, 6.07) is 0. The number of nitrogens with two attached hydrogens (primary N) is 1. The first kappa shape index (κ1) is 14.4. The first-order chi connectivity index (χ1) is 7.31. The van der Waals surface area contributed by atoms with Gasteiger partial charge in [0.15, 0.2) is 0 Å². The van der Waals surface area contributed by atoms with Gasteiger partial charge in [0.2, 0.25) is 5.91 Å². The van der Waals surface area contributed by atoms with E-state index < -0.39 is 0 Å². The Morgan fingerprint density at radius 3 is 2.47 bits per heavy atom. The van der Waals surface area contributed by atoms with Gasteiger partial charge in [-0.15, -0.1) is 0 Å². The average Bonchev–Trinajstić information content (AvgIpc) is 2.24. The summed E-state index contributed by atoms with van der Waals surface area (Å²) in [7, 11) is 0. The zero-order valence-electron chi connectivity index (χ0n) is 10.1. The van der Waals surface area contributed by atoms with Crippen LogP contribution >= 0.6 is 0 Å². The van der Waals surface area contributed by atoms with E-state index in [2.05, 4.69) is 12.2 Å². The lowest BCUT2D eigenvalue weighted by molar-refractivity contribution is -0.121. The van der Waals surface area contributed by atoms with E-state index in [4.69, 9.17) is 5.73 Å². The molecule has 0 unspecified atom stereocenters. The number of nitrogens with one attached hydrogen (secondary N) is 1. The fraction of sp³-hybridized carbons (Fsp3) is 0.917. The molecule has 0 saturated carbocycles. The molecule has 0 heterocycles. The minimum atomic E-state index is 0.207. The van der Waals surface area contributed by atoms with Crippen molar-refractivity contribution < 1.29 is 4.79 Å². The van der Waals surface area contributed by atoms with Gasteiger partial charge in [0.1, 0.15) is 0 Å². The van der Waals surface area contributed by atoms with Crippen LogP contribution in [-0.4, -0.2) is 19.0 Å². The maximum Gasteiger partial charge on any atom is 0.219 e. The van der Waals surface area contributed by atoms with E-state index in [1.54, 1.807) is 0 Å². The molecule has 0 saturated heterocycles. The molecule has 1 amide bonds. The highest BCUT2D eigenvalue weighted by Gasteiger charge is 1.99. The highest BCUT2D eigenvalue weighted by atomic mass is 16.1. The quantitative estimate of drug-likeness (QED) is 0.548. The third-order valence-corrected chi connectivity index (χ3v) is 2.46. The van der Waals surface area contributed by atoms with E-state index in [-0.39, 0.29) is 5.91 Å². The Hall–Kier alpha value is -0.570. The lowest BCUT2D eigenvalue weighted by Crippen LogP contribution is -2.23. The lowest BCUT2D eigenvalue weighted by Gasteiger charge is -2.04. The summed E-state index contributed by atoms with van der Waals surface area (Å²) in [5.41, 5.74) is 5.39. The Balaban J connectivity index is 3.11. The molecule has 15 heavy (non-hydrogen) atoms. The van der Waals surface area contributed by atoms with Gasteiger partial charge in [-0.3, -0.25) is 4.79 Å². The number of carbonyl (C=O) groups is 1. The lowest BCUT2D eigenvalue weighted by atomic mass is 10.1. The van der Waals surface area contributed by atoms with Gasteiger partial charge in [0.25, 0.3) is 0 Å². The first-order valence-corrected chi connectivity index (χ1v) is 6.28. The number of amides is 1. The molecule has 0 bridgehead atoms. The summed E-state index contributed by atoms with van der Waals surface area (Å²) >= 11 is 0. The molecule has 0 aliphatic carbocycles. The summed E-state index contributed by atoms with van der Waals surface area (Å²) in [4.78, 5) is 11.3. The van der Waals surface area contributed by atoms with Crippen LogP contribution in [0.4, 0.5) is 0 Å². The van der Waals surface area contributed by atoms with Crippen molar-refractivity contribution in [1.29, 1.82) is 0 Å². The molecular weight excluding hydrogens is 188 g/mol. The Morgan fingerprint density at radius 1 is 1.07 bits per heavy atom. The van der Waals surface area contributed by atoms with Crippen molar-refractivity contribution in [2.24, 2.45) is 5.73 Å². The summed E-state index contributed by atoms with van der Waals surface area (Å²) in [6.07, 6.45) is 8.55. The minimum absolute atomic E-state index is 0.207. The highest BCUT2D eigenvalue weighted by Crippen LogP contribution is 2.02. The Morgan fingerprint density at radius 2 is 1.80 bits per heavy atom. The molecule has 3 N–H and O–H groups in total. The summed E-state index contributed by atoms with van der Waals surface area (Å²) in [5.74, 6) is 0.207. The van der Waals surface area contributed by atoms with Crippen LogP contribution in [0.25, 0.3) is 0 Å². The van der Waals surface area contributed by atoms with Crippen molar-refractivity contribution in [3.8, 4) is 0 Å². The van der Waals surface area contributed by atoms with Gasteiger partial charge in [-0.25, -0.2) is 0 Å². The second-order valence-corrected chi connectivity index (χ2v) is 4.01. The Labute approximate surface area is 93.8 Å². The molecule has 0 aliphatic rings. The molecule has 0 atom stereocenters. The van der Waals surface area contributed by atoms with Gasteiger partial charge in [-0.05, 0) is 25.8 Å². The molecule has 3 heteroatoms. The SMILES string of the molecule is CCCCCNC(=O)CCCCCCN. The van der Waals surface area contributed by atoms with Gasteiger partial charge < -0.3 is 11.1 Å². The van der Waals surface area contributed by atoms with Crippen LogP contribution in [0.5, 0.6) is 0 Å². The van der Waals surface area contributed by atoms with Crippen LogP contribution in [0.3, 0.4) is 0 Å². The number of unbranched alkanes of at least 4 members (excludes halogenated alkanes) is 5. The van der Waals surface area contributed by atoms with Crippen LogP contribution in [0, 0.1) is 0 Å². The molecular formula is C12H26N2O. The van der Waals surface area contributed by atoms with Gasteiger partial charge in [-0.2, -0.15) is 0 Å². The zero-order chi connectivity index (χ0) is 11.4. The molecule has 0 aromatic heterocycles. The smallest absolute Gasteiger partial charge is 0.219 e. The number of hydrogen-bond acceptors (Lipinski definition) is 2. The van der Waals surface area contributed by atoms with Gasteiger partial charge in [0, 0.05) is 13.0 Å². The molecule has 0 aliphatic heterocycles. The summed E-state index contributed by atoms with van der Waals surface area (Å²) < 4.78 is 0. The van der Waals surface area contributed by atoms with Gasteiger partial charge in [-0.1, -0.05) is 32.6 Å². The summed E-state index contributed by atoms with van der Waals surface area (Å²) in [6.45, 7) is 3.78. The van der Waals surface area contributed by atoms with Crippen LogP contribution < -0.4 is 11.1 Å². The van der Waals surface area contributed by atoms with Crippen molar-refractivity contribution in [2.45, 2.75) is 58.3 Å². The largest absolute Gasteiger partial charge is 0.356 e. The molecule has 0 aromatic carbocycles. The highest BCUT2D eigenvalue weighted by molar-refractivity contribution is 5.75. The molecule has 0 fully saturated rings. The van der Waals surface area contributed by atoms with E-state index in [1.807, 2.05) is 0 Å². The van der Waals surface area contributed by atoms with Gasteiger partial charge >= 0.3 is 0 Å². The maximum absolute atomic E-state index is 11.3. The first-order valence-electron chi connectivity index (χ1n) is 6.28. The normalized spacial score (nSPS) is 10.3. The maximum atomic E-state index is 11.3. The van der Waals surface area contributed by atoms with Crippen LogP contribution in [0.15, 0.2) is 0 Å². The predicted octanol–water partition coefficient (Wildman–Crippen LogP) is 2.20. The molecule has 0 radical (unpaired) electrons. The molecule has 0 rings (SSSR count). The molecule has 0 spiro atoms. The fourth-order valence-electron chi connectivity index (χ4n) is 1.47. The third-order valence-electron chi connectivity index (χ3n) is 2.46. The van der Waals surface area contributed by atoms with E-state index in [1.165, 1.54) is 12.8 Å². The number of rotatable bonds is 10. The zero-order valence-corrected chi connectivity index (χ0v) is 10.1. The van der Waals surface area contributed by atoms with Crippen LogP contribution in [0.2, 0.25) is 0 Å². The van der Waals surface area contributed by atoms with E-state index in [0.29, 0.717) is 6.42 Å². The second-order valence-electron chi connectivity index (χ2n) is 4.01. The average molecular weight is 214 g/mol. The van der Waals surface area contributed by atoms with E-state index in [0.717, 1.165) is 45.2 Å². The Bertz CT molecular complexity index is 149. The van der Waals surface area contributed by atoms with Crippen molar-refractivity contribution in [3.63, 3.8) is 0 Å². The molecule has 0 aromatic rings. The predicted molar refractivity (Wildman–Crippen MR) is 64.7 cm³/mol. The van der Waals surface area contributed by atoms with Crippen molar-refractivity contribution in [3.05, 3.63) is 0 Å². The Kier molecular flexibility index (Phi) is 11.1. The molecule has 90 valence electrons. The molecule has 3 nitrogen and oxygen atoms in total. The summed E-state index contributed by atoms with van der Waals surface area (Å²) in [5, 5.41) is 2.94. The topological polar surface area (TPSA) is 55.1 Å². The van der Waals surface area contributed by atoms with Crippen molar-refractivity contribution in [1.82, 2.24) is 5.32 Å². The van der Waals surface area contributed by atoms with Crippen LogP contribution in [0.1, 0.15) is 58.3 Å². The van der Waals surface area contributed by atoms with E-state index in [9.17, 15) is 4.79 Å². The second kappa shape index (κ2) is 11.5. The van der Waals surface area contributed by atoms with Crippen molar-refractivity contribution >= 4 is 5.91 Å². The van der Waals surface area contributed by atoms with Gasteiger partial charge in [0.05, 0.1) is 0 Å². The van der Waals surface area contributed by atoms with Crippen LogP contribution in [-0.2, 0) is 4.79 Å². The number of carbonyl (C=O) groups excluding carboxylic acids is 1. The minimum Gasteiger partial charge on any atom is -0.356 e. The van der Waals surface area contributed by atoms with E-state index >= 15 is 0 Å². The number of hydrogen-bond donors (Lipinski definition) is 2. The monoisotopic (exact) mass is 214 g/mol. The third kappa shape index (κ3) is 11.4. The fourth-order valence-corrected chi connectivity index (χ4v) is 1.47. The standard InChI is InChI=1S/C12H26N2O/c1-2-3-8-11-14-12(15)9-6-4-5-7-10-13/h2-11,13H2,1H3,(H,14,15). The van der Waals surface area contributed by atoms with Crippen molar-refractivity contribution in [2.75, 3.05) is 13.1 Å².